The zero-order chi connectivity index (χ0) is 14.2. The van der Waals surface area contributed by atoms with Gasteiger partial charge in [-0.3, -0.25) is 0 Å². The number of rotatable bonds is 3. The molecule has 1 N–H and O–H groups in total. The van der Waals surface area contributed by atoms with Crippen molar-refractivity contribution in [2.75, 3.05) is 11.6 Å². The van der Waals surface area contributed by atoms with Crippen molar-refractivity contribution in [1.29, 1.82) is 0 Å². The maximum Gasteiger partial charge on any atom is 0.178 e. The summed E-state index contributed by atoms with van der Waals surface area (Å²) in [4.78, 5) is 4.46. The lowest BCUT2D eigenvalue weighted by Crippen LogP contribution is -1.98. The number of sulfone groups is 1. The maximum atomic E-state index is 11.4. The van der Waals surface area contributed by atoms with Gasteiger partial charge in [0.15, 0.2) is 15.5 Å². The molecule has 0 aliphatic carbocycles. The van der Waals surface area contributed by atoms with E-state index in [1.165, 1.54) is 12.6 Å². The SMILES string of the molecule is CS(=O)(=O)c1ccc(Nc2cccn3ncnc23)cc1. The first-order valence-electron chi connectivity index (χ1n) is 5.89. The van der Waals surface area contributed by atoms with E-state index in [9.17, 15) is 8.42 Å². The van der Waals surface area contributed by atoms with E-state index in [1.54, 1.807) is 35.0 Å². The molecule has 102 valence electrons. The predicted octanol–water partition coefficient (Wildman–Crippen LogP) is 1.88. The van der Waals surface area contributed by atoms with Crippen molar-refractivity contribution in [1.82, 2.24) is 14.6 Å². The summed E-state index contributed by atoms with van der Waals surface area (Å²) in [5.41, 5.74) is 2.30. The van der Waals surface area contributed by atoms with Crippen LogP contribution in [0, 0.1) is 0 Å². The third kappa shape index (κ3) is 2.35. The minimum absolute atomic E-state index is 0.295. The first kappa shape index (κ1) is 12.6. The van der Waals surface area contributed by atoms with Crippen LogP contribution in [-0.2, 0) is 9.84 Å². The number of anilines is 2. The molecule has 0 radical (unpaired) electrons. The summed E-state index contributed by atoms with van der Waals surface area (Å²) in [5.74, 6) is 0. The number of aromatic nitrogens is 3. The van der Waals surface area contributed by atoms with E-state index in [0.29, 0.717) is 10.5 Å². The standard InChI is InChI=1S/C13H12N4O2S/c1-20(18,19)11-6-4-10(5-7-11)16-12-3-2-8-17-13(12)14-9-15-17/h2-9,16H,1H3. The highest BCUT2D eigenvalue weighted by Gasteiger charge is 2.07. The molecule has 3 rings (SSSR count). The lowest BCUT2D eigenvalue weighted by molar-refractivity contribution is 0.602. The highest BCUT2D eigenvalue weighted by Crippen LogP contribution is 2.21. The van der Waals surface area contributed by atoms with Gasteiger partial charge >= 0.3 is 0 Å². The summed E-state index contributed by atoms with van der Waals surface area (Å²) >= 11 is 0. The largest absolute Gasteiger partial charge is 0.352 e. The molecule has 0 unspecified atom stereocenters. The molecule has 7 heteroatoms. The molecule has 0 spiro atoms. The number of benzene rings is 1. The number of hydrogen-bond acceptors (Lipinski definition) is 5. The molecule has 0 aliphatic heterocycles. The van der Waals surface area contributed by atoms with Crippen molar-refractivity contribution < 1.29 is 8.42 Å². The monoisotopic (exact) mass is 288 g/mol. The Kier molecular flexibility index (Phi) is 2.90. The van der Waals surface area contributed by atoms with E-state index >= 15 is 0 Å². The van der Waals surface area contributed by atoms with Gasteiger partial charge < -0.3 is 5.32 Å². The fraction of sp³-hybridized carbons (Fsp3) is 0.0769. The van der Waals surface area contributed by atoms with Gasteiger partial charge in [-0.1, -0.05) is 0 Å². The maximum absolute atomic E-state index is 11.4. The molecule has 3 aromatic rings. The third-order valence-electron chi connectivity index (χ3n) is 2.87. The van der Waals surface area contributed by atoms with E-state index in [0.717, 1.165) is 11.4 Å². The van der Waals surface area contributed by atoms with E-state index in [4.69, 9.17) is 0 Å². The van der Waals surface area contributed by atoms with Crippen LogP contribution in [-0.4, -0.2) is 29.3 Å². The molecule has 6 nitrogen and oxygen atoms in total. The second-order valence-corrected chi connectivity index (χ2v) is 6.39. The molecule has 0 amide bonds. The number of pyridine rings is 1. The van der Waals surface area contributed by atoms with Crippen molar-refractivity contribution in [3.8, 4) is 0 Å². The Hall–Kier alpha value is -2.41. The van der Waals surface area contributed by atoms with Gasteiger partial charge in [0.05, 0.1) is 10.6 Å². The van der Waals surface area contributed by atoms with Crippen LogP contribution in [0.15, 0.2) is 53.8 Å². The highest BCUT2D eigenvalue weighted by atomic mass is 32.2. The first-order chi connectivity index (χ1) is 9.54. The molecule has 0 saturated heterocycles. The van der Waals surface area contributed by atoms with Crippen LogP contribution in [0.3, 0.4) is 0 Å². The summed E-state index contributed by atoms with van der Waals surface area (Å²) in [7, 11) is -3.17. The van der Waals surface area contributed by atoms with Gasteiger partial charge in [-0.25, -0.2) is 17.9 Å². The van der Waals surface area contributed by atoms with Crippen molar-refractivity contribution in [3.05, 3.63) is 48.9 Å². The topological polar surface area (TPSA) is 76.4 Å². The van der Waals surface area contributed by atoms with Crippen LogP contribution in [0.4, 0.5) is 11.4 Å². The average molecular weight is 288 g/mol. The van der Waals surface area contributed by atoms with Crippen molar-refractivity contribution in [2.24, 2.45) is 0 Å². The van der Waals surface area contributed by atoms with Crippen LogP contribution in [0.1, 0.15) is 0 Å². The van der Waals surface area contributed by atoms with Crippen molar-refractivity contribution in [3.63, 3.8) is 0 Å². The summed E-state index contributed by atoms with van der Waals surface area (Å²) in [5, 5.41) is 7.25. The number of nitrogens with zero attached hydrogens (tertiary/aromatic N) is 3. The number of fused-ring (bicyclic) bond motifs is 1. The molecular formula is C13H12N4O2S. The Morgan fingerprint density at radius 3 is 2.60 bits per heavy atom. The minimum atomic E-state index is -3.17. The van der Waals surface area contributed by atoms with Gasteiger partial charge in [0, 0.05) is 18.1 Å². The van der Waals surface area contributed by atoms with Crippen LogP contribution in [0.5, 0.6) is 0 Å². The van der Waals surface area contributed by atoms with Gasteiger partial charge in [-0.05, 0) is 36.4 Å². The van der Waals surface area contributed by atoms with Crippen molar-refractivity contribution >= 4 is 26.9 Å². The van der Waals surface area contributed by atoms with Gasteiger partial charge in [-0.15, -0.1) is 0 Å². The zero-order valence-electron chi connectivity index (χ0n) is 10.7. The van der Waals surface area contributed by atoms with Crippen molar-refractivity contribution in [2.45, 2.75) is 4.90 Å². The number of nitrogens with one attached hydrogen (secondary N) is 1. The number of hydrogen-bond donors (Lipinski definition) is 1. The quantitative estimate of drug-likeness (QED) is 0.796. The second-order valence-electron chi connectivity index (χ2n) is 4.37. The molecule has 20 heavy (non-hydrogen) atoms. The smallest absolute Gasteiger partial charge is 0.178 e. The van der Waals surface area contributed by atoms with Gasteiger partial charge in [-0.2, -0.15) is 5.10 Å². The van der Waals surface area contributed by atoms with Gasteiger partial charge in [0.25, 0.3) is 0 Å². The average Bonchev–Trinajstić information content (AvgIpc) is 2.88. The summed E-state index contributed by atoms with van der Waals surface area (Å²) < 4.78 is 24.5. The predicted molar refractivity (Wildman–Crippen MR) is 75.8 cm³/mol. The van der Waals surface area contributed by atoms with Gasteiger partial charge in [0.1, 0.15) is 6.33 Å². The van der Waals surface area contributed by atoms with Crippen LogP contribution in [0.25, 0.3) is 5.65 Å². The fourth-order valence-electron chi connectivity index (χ4n) is 1.89. The van der Waals surface area contributed by atoms with Crippen LogP contribution >= 0.6 is 0 Å². The Labute approximate surface area is 116 Å². The molecule has 0 fully saturated rings. The molecular weight excluding hydrogens is 276 g/mol. The molecule has 0 bridgehead atoms. The first-order valence-corrected chi connectivity index (χ1v) is 7.79. The Morgan fingerprint density at radius 2 is 1.90 bits per heavy atom. The molecule has 0 aliphatic rings. The highest BCUT2D eigenvalue weighted by molar-refractivity contribution is 7.90. The lowest BCUT2D eigenvalue weighted by atomic mass is 10.3. The Bertz CT molecular complexity index is 853. The third-order valence-corrected chi connectivity index (χ3v) is 3.99. The molecule has 1 aromatic carbocycles. The van der Waals surface area contributed by atoms with Crippen LogP contribution in [0.2, 0.25) is 0 Å². The van der Waals surface area contributed by atoms with Crippen LogP contribution < -0.4 is 5.32 Å². The normalized spacial score (nSPS) is 11.7. The van der Waals surface area contributed by atoms with E-state index < -0.39 is 9.84 Å². The zero-order valence-corrected chi connectivity index (χ0v) is 11.5. The summed E-state index contributed by atoms with van der Waals surface area (Å²) in [6, 6.07) is 10.3. The Balaban J connectivity index is 1.93. The van der Waals surface area contributed by atoms with E-state index in [-0.39, 0.29) is 0 Å². The van der Waals surface area contributed by atoms with Gasteiger partial charge in [0.2, 0.25) is 0 Å². The summed E-state index contributed by atoms with van der Waals surface area (Å²) in [6.07, 6.45) is 4.47. The lowest BCUT2D eigenvalue weighted by Gasteiger charge is -2.07. The van der Waals surface area contributed by atoms with E-state index in [2.05, 4.69) is 15.4 Å². The molecule has 0 saturated carbocycles. The van der Waals surface area contributed by atoms with E-state index in [1.807, 2.05) is 12.1 Å². The second kappa shape index (κ2) is 4.61. The molecule has 2 heterocycles. The fourth-order valence-corrected chi connectivity index (χ4v) is 2.52. The Morgan fingerprint density at radius 1 is 1.15 bits per heavy atom. The molecule has 2 aromatic heterocycles. The molecule has 0 atom stereocenters. The summed E-state index contributed by atoms with van der Waals surface area (Å²) in [6.45, 7) is 0. The minimum Gasteiger partial charge on any atom is -0.352 e.